The fourth-order valence-corrected chi connectivity index (χ4v) is 8.25. The monoisotopic (exact) mass is 644 g/mol. The summed E-state index contributed by atoms with van der Waals surface area (Å²) in [4.78, 5) is 6.28. The Morgan fingerprint density at radius 2 is 1.50 bits per heavy atom. The number of anilines is 1. The third kappa shape index (κ3) is 5.69. The molecule has 0 spiro atoms. The minimum atomic E-state index is -3.94. The molecule has 11 heteroatoms. The van der Waals surface area contributed by atoms with Crippen LogP contribution in [0.2, 0.25) is 0 Å². The first-order chi connectivity index (χ1) is 22.3. The normalized spacial score (nSPS) is 24.6. The second-order valence-electron chi connectivity index (χ2n) is 11.9. The lowest BCUT2D eigenvalue weighted by Gasteiger charge is -2.47. The lowest BCUT2D eigenvalue weighted by atomic mass is 9.82. The molecule has 2 bridgehead atoms. The van der Waals surface area contributed by atoms with Gasteiger partial charge >= 0.3 is 0 Å². The van der Waals surface area contributed by atoms with Crippen LogP contribution in [0.15, 0.2) is 102 Å². The van der Waals surface area contributed by atoms with Gasteiger partial charge in [-0.3, -0.25) is 0 Å². The van der Waals surface area contributed by atoms with E-state index < -0.39 is 40.4 Å². The fourth-order valence-electron chi connectivity index (χ4n) is 6.45. The number of benzene rings is 4. The van der Waals surface area contributed by atoms with Crippen LogP contribution >= 0.6 is 0 Å². The Kier molecular flexibility index (Phi) is 8.32. The van der Waals surface area contributed by atoms with Gasteiger partial charge in [0.25, 0.3) is 0 Å². The van der Waals surface area contributed by atoms with Crippen LogP contribution in [-0.2, 0) is 44.2 Å². The maximum absolute atomic E-state index is 13.7. The van der Waals surface area contributed by atoms with Crippen molar-refractivity contribution in [3.8, 4) is 5.75 Å². The minimum Gasteiger partial charge on any atom is -0.489 e. The maximum Gasteiger partial charge on any atom is 0.243 e. The maximum atomic E-state index is 13.7. The molecule has 1 unspecified atom stereocenters. The Morgan fingerprint density at radius 3 is 2.15 bits per heavy atom. The summed E-state index contributed by atoms with van der Waals surface area (Å²) >= 11 is 0. The number of nitrogens with zero attached hydrogens (tertiary/aromatic N) is 2. The number of sulfonamides is 1. The van der Waals surface area contributed by atoms with Crippen molar-refractivity contribution in [1.29, 1.82) is 0 Å². The number of hydrogen-bond donors (Lipinski definition) is 2. The van der Waals surface area contributed by atoms with Crippen LogP contribution in [0, 0.1) is 6.92 Å². The standard InChI is InChI=1S/C35H36N2O8S/c1-24-12-14-28(15-13-24)46(40,41)37-31-18-36-30-16-27(21-43-23-42-20-25-8-4-2-5-9-25)17-32(44-22-26-10-6-3-7-11-26)33(30)29(19-38)35(39,45-36)34(31)37/h2-17,29,31,34,38-39H,18-23H2,1H3/t29-,31-,34-,35-,37?/m0/s1. The van der Waals surface area contributed by atoms with E-state index in [1.807, 2.05) is 79.7 Å². The summed E-state index contributed by atoms with van der Waals surface area (Å²) in [5.74, 6) is -2.56. The van der Waals surface area contributed by atoms with Crippen molar-refractivity contribution in [3.63, 3.8) is 0 Å². The van der Waals surface area contributed by atoms with Crippen LogP contribution in [-0.4, -0.2) is 60.8 Å². The molecular weight excluding hydrogens is 608 g/mol. The molecule has 2 saturated heterocycles. The molecular formula is C35H36N2O8S. The number of rotatable bonds is 12. The summed E-state index contributed by atoms with van der Waals surface area (Å²) in [5.41, 5.74) is 4.81. The lowest BCUT2D eigenvalue weighted by Crippen LogP contribution is -2.59. The Morgan fingerprint density at radius 1 is 0.870 bits per heavy atom. The summed E-state index contributed by atoms with van der Waals surface area (Å²) in [5, 5.41) is 24.4. The van der Waals surface area contributed by atoms with Gasteiger partial charge in [0.1, 0.15) is 25.2 Å². The molecule has 0 saturated carbocycles. The van der Waals surface area contributed by atoms with Gasteiger partial charge in [0.2, 0.25) is 15.8 Å². The average Bonchev–Trinajstić information content (AvgIpc) is 3.82. The molecule has 46 heavy (non-hydrogen) atoms. The van der Waals surface area contributed by atoms with Gasteiger partial charge in [-0.2, -0.15) is 4.31 Å². The van der Waals surface area contributed by atoms with E-state index >= 15 is 0 Å². The molecule has 0 aliphatic carbocycles. The van der Waals surface area contributed by atoms with Crippen molar-refractivity contribution in [2.75, 3.05) is 25.0 Å². The first kappa shape index (κ1) is 30.8. The number of ether oxygens (including phenoxy) is 3. The van der Waals surface area contributed by atoms with Crippen LogP contribution in [0.5, 0.6) is 5.75 Å². The highest BCUT2D eigenvalue weighted by Gasteiger charge is 2.73. The molecule has 0 aromatic heterocycles. The molecule has 2 N–H and O–H groups in total. The topological polar surface area (TPSA) is 118 Å². The van der Waals surface area contributed by atoms with E-state index in [-0.39, 0.29) is 31.4 Å². The molecule has 0 radical (unpaired) electrons. The van der Waals surface area contributed by atoms with E-state index in [0.29, 0.717) is 23.6 Å². The zero-order valence-corrected chi connectivity index (χ0v) is 26.2. The highest BCUT2D eigenvalue weighted by Crippen LogP contribution is 2.58. The van der Waals surface area contributed by atoms with Gasteiger partial charge in [0.15, 0.2) is 0 Å². The molecule has 2 fully saturated rings. The number of hydroxylamine groups is 1. The molecule has 4 aromatic rings. The summed E-state index contributed by atoms with van der Waals surface area (Å²) in [6, 6.07) is 28.4. The molecule has 0 amide bonds. The third-order valence-electron chi connectivity index (χ3n) is 8.77. The van der Waals surface area contributed by atoms with Gasteiger partial charge in [-0.05, 0) is 47.9 Å². The summed E-state index contributed by atoms with van der Waals surface area (Å²) in [6.07, 6.45) is 0. The molecule has 3 aliphatic heterocycles. The average molecular weight is 645 g/mol. The number of aliphatic hydroxyl groups excluding tert-OH is 1. The molecule has 4 aromatic carbocycles. The van der Waals surface area contributed by atoms with Gasteiger partial charge in [-0.15, -0.1) is 0 Å². The third-order valence-corrected chi connectivity index (χ3v) is 10.7. The SMILES string of the molecule is Cc1ccc(S(=O)(=O)N2[C@H]3[C@@H]2CN2O[C@@]3(O)[C@@H](CO)c3c(OCc4ccccc4)cc(COCOCc4ccccc4)cc32)cc1. The predicted octanol–water partition coefficient (Wildman–Crippen LogP) is 4.24. The highest BCUT2D eigenvalue weighted by molar-refractivity contribution is 7.89. The van der Waals surface area contributed by atoms with Crippen molar-refractivity contribution in [2.45, 2.75) is 55.4 Å². The summed E-state index contributed by atoms with van der Waals surface area (Å²) < 4.78 is 46.7. The number of aliphatic hydroxyl groups is 2. The lowest BCUT2D eigenvalue weighted by molar-refractivity contribution is -0.249. The molecule has 3 heterocycles. The van der Waals surface area contributed by atoms with Crippen LogP contribution in [0.1, 0.15) is 33.7 Å². The fraction of sp³-hybridized carbons (Fsp3) is 0.314. The van der Waals surface area contributed by atoms with Gasteiger partial charge in [-0.25, -0.2) is 18.3 Å². The van der Waals surface area contributed by atoms with E-state index in [1.165, 1.54) is 9.37 Å². The summed E-state index contributed by atoms with van der Waals surface area (Å²) in [7, 11) is -3.94. The highest BCUT2D eigenvalue weighted by atomic mass is 32.2. The zero-order chi connectivity index (χ0) is 31.9. The molecule has 240 valence electrons. The number of hydrogen-bond acceptors (Lipinski definition) is 9. The quantitative estimate of drug-likeness (QED) is 0.133. The second-order valence-corrected chi connectivity index (χ2v) is 13.7. The van der Waals surface area contributed by atoms with Crippen molar-refractivity contribution in [3.05, 3.63) is 125 Å². The van der Waals surface area contributed by atoms with Crippen molar-refractivity contribution >= 4 is 15.7 Å². The van der Waals surface area contributed by atoms with Gasteiger partial charge in [-0.1, -0.05) is 78.4 Å². The molecule has 10 nitrogen and oxygen atoms in total. The molecule has 5 atom stereocenters. The van der Waals surface area contributed by atoms with E-state index in [4.69, 9.17) is 19.0 Å². The number of aryl methyl sites for hydroxylation is 1. The van der Waals surface area contributed by atoms with Gasteiger partial charge in [0.05, 0.1) is 48.9 Å². The Balaban J connectivity index is 1.18. The van der Waals surface area contributed by atoms with Crippen LogP contribution in [0.4, 0.5) is 5.69 Å². The first-order valence-corrected chi connectivity index (χ1v) is 16.7. The van der Waals surface area contributed by atoms with Crippen LogP contribution in [0.3, 0.4) is 0 Å². The Hall–Kier alpha value is -3.81. The van der Waals surface area contributed by atoms with E-state index in [2.05, 4.69) is 0 Å². The van der Waals surface area contributed by atoms with Gasteiger partial charge < -0.3 is 24.4 Å². The zero-order valence-electron chi connectivity index (χ0n) is 25.4. The van der Waals surface area contributed by atoms with Crippen molar-refractivity contribution in [2.24, 2.45) is 0 Å². The van der Waals surface area contributed by atoms with E-state index in [1.54, 1.807) is 24.3 Å². The predicted molar refractivity (Wildman–Crippen MR) is 169 cm³/mol. The molecule has 7 rings (SSSR count). The summed E-state index contributed by atoms with van der Waals surface area (Å²) in [6.45, 7) is 2.51. The van der Waals surface area contributed by atoms with Crippen LogP contribution in [0.25, 0.3) is 0 Å². The van der Waals surface area contributed by atoms with Crippen LogP contribution < -0.4 is 9.80 Å². The Labute approximate surface area is 268 Å². The second kappa shape index (κ2) is 12.4. The Bertz CT molecular complexity index is 1790. The molecule has 3 aliphatic rings. The largest absolute Gasteiger partial charge is 0.489 e. The van der Waals surface area contributed by atoms with Crippen molar-refractivity contribution < 1.29 is 37.7 Å². The van der Waals surface area contributed by atoms with E-state index in [0.717, 1.165) is 22.3 Å². The van der Waals surface area contributed by atoms with E-state index in [9.17, 15) is 18.6 Å². The minimum absolute atomic E-state index is 0.0704. The number of fused-ring (bicyclic) bond motifs is 6. The smallest absolute Gasteiger partial charge is 0.243 e. The first-order valence-electron chi connectivity index (χ1n) is 15.2. The van der Waals surface area contributed by atoms with Gasteiger partial charge in [0, 0.05) is 5.56 Å². The van der Waals surface area contributed by atoms with Crippen molar-refractivity contribution in [1.82, 2.24) is 4.31 Å².